The van der Waals surface area contributed by atoms with Crippen LogP contribution < -0.4 is 5.32 Å². The molecule has 0 aliphatic rings. The Kier molecular flexibility index (Phi) is 6.91. The summed E-state index contributed by atoms with van der Waals surface area (Å²) in [5.41, 5.74) is -2.35. The van der Waals surface area contributed by atoms with E-state index in [9.17, 15) is 14.4 Å². The molecule has 0 radical (unpaired) electrons. The highest BCUT2D eigenvalue weighted by molar-refractivity contribution is 5.90. The van der Waals surface area contributed by atoms with E-state index in [2.05, 4.69) is 21.4 Å². The number of hydrogen-bond donors (Lipinski definition) is 1. The predicted molar refractivity (Wildman–Crippen MR) is 75.6 cm³/mol. The van der Waals surface area contributed by atoms with Crippen LogP contribution in [0.3, 0.4) is 0 Å². The Bertz CT molecular complexity index is 412. The number of amides is 1. The van der Waals surface area contributed by atoms with Gasteiger partial charge in [0, 0.05) is 0 Å². The van der Waals surface area contributed by atoms with Crippen molar-refractivity contribution in [2.75, 3.05) is 14.2 Å². The largest absolute Gasteiger partial charge is 0.469 e. The van der Waals surface area contributed by atoms with Gasteiger partial charge in [0.1, 0.15) is 5.60 Å². The number of esters is 2. The van der Waals surface area contributed by atoms with Crippen molar-refractivity contribution in [1.82, 2.24) is 5.32 Å². The minimum absolute atomic E-state index is 0.00594. The summed E-state index contributed by atoms with van der Waals surface area (Å²) >= 11 is 0. The topological polar surface area (TPSA) is 90.9 Å². The first-order valence-corrected chi connectivity index (χ1v) is 6.37. The van der Waals surface area contributed by atoms with Gasteiger partial charge in [-0.05, 0) is 27.2 Å². The van der Waals surface area contributed by atoms with Crippen molar-refractivity contribution in [1.29, 1.82) is 0 Å². The van der Waals surface area contributed by atoms with Crippen LogP contribution in [0, 0.1) is 0 Å². The van der Waals surface area contributed by atoms with Crippen LogP contribution in [-0.4, -0.2) is 43.4 Å². The van der Waals surface area contributed by atoms with Gasteiger partial charge in [0.2, 0.25) is 0 Å². The molecule has 0 saturated carbocycles. The van der Waals surface area contributed by atoms with Crippen molar-refractivity contribution in [2.24, 2.45) is 0 Å². The number of ether oxygens (including phenoxy) is 3. The molecule has 0 aliphatic carbocycles. The van der Waals surface area contributed by atoms with Crippen LogP contribution in [0.4, 0.5) is 4.79 Å². The van der Waals surface area contributed by atoms with Gasteiger partial charge >= 0.3 is 18.0 Å². The van der Waals surface area contributed by atoms with E-state index in [0.29, 0.717) is 0 Å². The van der Waals surface area contributed by atoms with E-state index < -0.39 is 29.2 Å². The normalized spacial score (nSPS) is 13.6. The van der Waals surface area contributed by atoms with E-state index in [1.807, 2.05) is 0 Å². The van der Waals surface area contributed by atoms with Gasteiger partial charge in [0.05, 0.1) is 20.6 Å². The summed E-state index contributed by atoms with van der Waals surface area (Å²) in [4.78, 5) is 35.5. The summed E-state index contributed by atoms with van der Waals surface area (Å²) < 4.78 is 14.3. The van der Waals surface area contributed by atoms with Gasteiger partial charge in [-0.25, -0.2) is 9.59 Å². The maximum Gasteiger partial charge on any atom is 0.408 e. The molecule has 0 bridgehead atoms. The molecule has 0 spiro atoms. The number of alkyl carbamates (subject to hydrolysis) is 1. The van der Waals surface area contributed by atoms with Crippen LogP contribution >= 0.6 is 0 Å². The fourth-order valence-electron chi connectivity index (χ4n) is 1.63. The second kappa shape index (κ2) is 7.66. The molecule has 1 amide bonds. The van der Waals surface area contributed by atoms with Crippen molar-refractivity contribution in [3.05, 3.63) is 12.7 Å². The third-order valence-corrected chi connectivity index (χ3v) is 2.48. The predicted octanol–water partition coefficient (Wildman–Crippen LogP) is 1.56. The van der Waals surface area contributed by atoms with Crippen LogP contribution in [0.5, 0.6) is 0 Å². The smallest absolute Gasteiger partial charge is 0.408 e. The molecule has 0 aliphatic heterocycles. The molecule has 0 fully saturated rings. The number of rotatable bonds is 6. The molecular weight excluding hydrogens is 278 g/mol. The zero-order valence-electron chi connectivity index (χ0n) is 13.1. The molecule has 0 rings (SSSR count). The maximum atomic E-state index is 12.0. The van der Waals surface area contributed by atoms with Crippen LogP contribution in [0.2, 0.25) is 0 Å². The number of methoxy groups -OCH3 is 2. The van der Waals surface area contributed by atoms with E-state index >= 15 is 0 Å². The van der Waals surface area contributed by atoms with E-state index in [0.717, 1.165) is 7.11 Å². The van der Waals surface area contributed by atoms with E-state index in [1.54, 1.807) is 20.8 Å². The fourth-order valence-corrected chi connectivity index (χ4v) is 1.63. The van der Waals surface area contributed by atoms with E-state index in [-0.39, 0.29) is 12.8 Å². The molecule has 1 N–H and O–H groups in total. The SMILES string of the molecule is C=CC[C@@](CC(=O)OC)(NC(=O)OC(C)(C)C)C(=O)OC. The average molecular weight is 301 g/mol. The van der Waals surface area contributed by atoms with Gasteiger partial charge in [0.15, 0.2) is 5.54 Å². The van der Waals surface area contributed by atoms with Gasteiger partial charge < -0.3 is 19.5 Å². The highest BCUT2D eigenvalue weighted by Crippen LogP contribution is 2.20. The van der Waals surface area contributed by atoms with Gasteiger partial charge in [-0.3, -0.25) is 4.79 Å². The van der Waals surface area contributed by atoms with Crippen molar-refractivity contribution in [3.8, 4) is 0 Å². The highest BCUT2D eigenvalue weighted by atomic mass is 16.6. The van der Waals surface area contributed by atoms with Gasteiger partial charge in [0.25, 0.3) is 0 Å². The number of carbonyl (C=O) groups excluding carboxylic acids is 3. The van der Waals surface area contributed by atoms with Gasteiger partial charge in [-0.1, -0.05) is 6.08 Å². The fraction of sp³-hybridized carbons (Fsp3) is 0.643. The highest BCUT2D eigenvalue weighted by Gasteiger charge is 2.43. The molecule has 1 atom stereocenters. The third kappa shape index (κ3) is 6.29. The van der Waals surface area contributed by atoms with Crippen molar-refractivity contribution in [2.45, 2.75) is 44.8 Å². The Labute approximate surface area is 124 Å². The lowest BCUT2D eigenvalue weighted by Gasteiger charge is -2.31. The molecule has 7 heteroatoms. The van der Waals surface area contributed by atoms with Crippen LogP contribution in [0.15, 0.2) is 12.7 Å². The van der Waals surface area contributed by atoms with Crippen molar-refractivity contribution in [3.63, 3.8) is 0 Å². The molecule has 0 unspecified atom stereocenters. The molecule has 0 heterocycles. The van der Waals surface area contributed by atoms with Gasteiger partial charge in [-0.2, -0.15) is 0 Å². The molecular formula is C14H23NO6. The Morgan fingerprint density at radius 2 is 1.71 bits per heavy atom. The summed E-state index contributed by atoms with van der Waals surface area (Å²) in [5.74, 6) is -1.45. The number of nitrogens with one attached hydrogen (secondary N) is 1. The Morgan fingerprint density at radius 1 is 1.14 bits per heavy atom. The van der Waals surface area contributed by atoms with Crippen LogP contribution in [0.1, 0.15) is 33.6 Å². The molecule has 7 nitrogen and oxygen atoms in total. The molecule has 0 aromatic rings. The number of carbonyl (C=O) groups is 3. The molecule has 0 aromatic heterocycles. The van der Waals surface area contributed by atoms with Crippen LogP contribution in [-0.2, 0) is 23.8 Å². The zero-order valence-corrected chi connectivity index (χ0v) is 13.1. The summed E-state index contributed by atoms with van der Waals surface area (Å²) in [7, 11) is 2.35. The van der Waals surface area contributed by atoms with E-state index in [1.165, 1.54) is 13.2 Å². The second-order valence-electron chi connectivity index (χ2n) is 5.45. The average Bonchev–Trinajstić information content (AvgIpc) is 2.35. The summed E-state index contributed by atoms with van der Waals surface area (Å²) in [6.45, 7) is 8.57. The van der Waals surface area contributed by atoms with Crippen LogP contribution in [0.25, 0.3) is 0 Å². The first-order valence-electron chi connectivity index (χ1n) is 6.37. The lowest BCUT2D eigenvalue weighted by Crippen LogP contribution is -2.57. The maximum absolute atomic E-state index is 12.0. The van der Waals surface area contributed by atoms with Crippen molar-refractivity contribution >= 4 is 18.0 Å². The van der Waals surface area contributed by atoms with Crippen molar-refractivity contribution < 1.29 is 28.6 Å². The lowest BCUT2D eigenvalue weighted by molar-refractivity contribution is -0.155. The Balaban J connectivity index is 5.34. The second-order valence-corrected chi connectivity index (χ2v) is 5.45. The molecule has 120 valence electrons. The molecule has 0 aromatic carbocycles. The lowest BCUT2D eigenvalue weighted by atomic mass is 9.91. The summed E-state index contributed by atoms with van der Waals surface area (Å²) in [6.07, 6.45) is 0.172. The van der Waals surface area contributed by atoms with E-state index in [4.69, 9.17) is 4.74 Å². The minimum atomic E-state index is -1.61. The summed E-state index contributed by atoms with van der Waals surface area (Å²) in [5, 5.41) is 2.40. The minimum Gasteiger partial charge on any atom is -0.469 e. The number of hydrogen-bond acceptors (Lipinski definition) is 6. The standard InChI is InChI=1S/C14H23NO6/c1-7-8-14(11(17)20-6,9-10(16)19-5)15-12(18)21-13(2,3)4/h7H,1,8-9H2,2-6H3,(H,15,18)/t14-/m0/s1. The third-order valence-electron chi connectivity index (χ3n) is 2.48. The van der Waals surface area contributed by atoms with Gasteiger partial charge in [-0.15, -0.1) is 6.58 Å². The zero-order chi connectivity index (χ0) is 16.7. The Hall–Kier alpha value is -2.05. The summed E-state index contributed by atoms with van der Waals surface area (Å²) in [6, 6.07) is 0. The Morgan fingerprint density at radius 3 is 2.10 bits per heavy atom. The first kappa shape index (κ1) is 18.9. The molecule has 0 saturated heterocycles. The molecule has 21 heavy (non-hydrogen) atoms. The first-order chi connectivity index (χ1) is 9.60. The quantitative estimate of drug-likeness (QED) is 0.455. The monoisotopic (exact) mass is 301 g/mol.